The minimum Gasteiger partial charge on any atom is -0.330 e. The molecular weight excluding hydrogens is 236 g/mol. The lowest BCUT2D eigenvalue weighted by molar-refractivity contribution is 0.649. The molecule has 2 N–H and O–H groups in total. The molecule has 5 heteroatoms. The number of rotatable bonds is 5. The van der Waals surface area contributed by atoms with Crippen LogP contribution in [-0.2, 0) is 13.0 Å². The zero-order valence-corrected chi connectivity index (χ0v) is 10.4. The van der Waals surface area contributed by atoms with Crippen molar-refractivity contribution in [2.24, 2.45) is 5.73 Å². The number of nitrogens with two attached hydrogens (primary N) is 1. The summed E-state index contributed by atoms with van der Waals surface area (Å²) in [5.74, 6) is 0. The van der Waals surface area contributed by atoms with Crippen LogP contribution in [0, 0.1) is 0 Å². The molecule has 1 aromatic heterocycles. The zero-order chi connectivity index (χ0) is 11.2. The molecule has 92 valence electrons. The molecule has 1 heterocycles. The first-order valence-electron chi connectivity index (χ1n) is 5.51. The lowest BCUT2D eigenvalue weighted by atomic mass is 10.2. The highest BCUT2D eigenvalue weighted by molar-refractivity contribution is 5.85. The number of benzene rings is 1. The topological polar surface area (TPSA) is 56.7 Å². The van der Waals surface area contributed by atoms with Gasteiger partial charge in [-0.05, 0) is 24.9 Å². The van der Waals surface area contributed by atoms with Crippen LogP contribution in [0.1, 0.15) is 17.7 Å². The van der Waals surface area contributed by atoms with E-state index in [2.05, 4.69) is 22.4 Å². The van der Waals surface area contributed by atoms with Gasteiger partial charge in [0, 0.05) is 6.20 Å². The Morgan fingerprint density at radius 3 is 2.65 bits per heavy atom. The minimum absolute atomic E-state index is 0. The molecule has 0 aliphatic carbocycles. The fraction of sp³-hybridized carbons (Fsp3) is 0.333. The Kier molecular flexibility index (Phi) is 5.66. The van der Waals surface area contributed by atoms with Crippen LogP contribution in [0.5, 0.6) is 0 Å². The van der Waals surface area contributed by atoms with E-state index in [9.17, 15) is 0 Å². The largest absolute Gasteiger partial charge is 0.330 e. The number of hydrogen-bond donors (Lipinski definition) is 1. The summed E-state index contributed by atoms with van der Waals surface area (Å²) in [7, 11) is 0. The van der Waals surface area contributed by atoms with E-state index in [4.69, 9.17) is 5.73 Å². The molecule has 2 rings (SSSR count). The molecule has 0 atom stereocenters. The van der Waals surface area contributed by atoms with Crippen molar-refractivity contribution in [2.45, 2.75) is 19.4 Å². The van der Waals surface area contributed by atoms with Crippen LogP contribution in [-0.4, -0.2) is 21.5 Å². The quantitative estimate of drug-likeness (QED) is 0.880. The van der Waals surface area contributed by atoms with E-state index in [0.29, 0.717) is 6.54 Å². The smallest absolute Gasteiger partial charge is 0.0827 e. The second-order valence-electron chi connectivity index (χ2n) is 3.79. The highest BCUT2D eigenvalue weighted by Gasteiger charge is 2.00. The third kappa shape index (κ3) is 4.17. The first-order valence-corrected chi connectivity index (χ1v) is 5.51. The van der Waals surface area contributed by atoms with Crippen molar-refractivity contribution in [1.29, 1.82) is 0 Å². The Morgan fingerprint density at radius 2 is 1.94 bits per heavy atom. The van der Waals surface area contributed by atoms with Crippen molar-refractivity contribution in [2.75, 3.05) is 6.54 Å². The summed E-state index contributed by atoms with van der Waals surface area (Å²) in [6.07, 6.45) is 3.86. The molecule has 1 aromatic carbocycles. The number of halogens is 1. The van der Waals surface area contributed by atoms with Gasteiger partial charge in [0.1, 0.15) is 0 Å². The van der Waals surface area contributed by atoms with Gasteiger partial charge in [-0.3, -0.25) is 0 Å². The lowest BCUT2D eigenvalue weighted by Crippen LogP contribution is -2.00. The van der Waals surface area contributed by atoms with Crippen LogP contribution in [0.15, 0.2) is 36.5 Å². The summed E-state index contributed by atoms with van der Waals surface area (Å²) in [5.41, 5.74) is 7.70. The molecular formula is C12H17ClN4. The normalized spacial score (nSPS) is 9.94. The number of hydrogen-bond acceptors (Lipinski definition) is 3. The van der Waals surface area contributed by atoms with Crippen LogP contribution in [0.3, 0.4) is 0 Å². The fourth-order valence-corrected chi connectivity index (χ4v) is 1.58. The maximum atomic E-state index is 5.45. The SMILES string of the molecule is Cl.NCCCc1cn(Cc2ccccc2)nn1. The maximum Gasteiger partial charge on any atom is 0.0827 e. The van der Waals surface area contributed by atoms with Gasteiger partial charge >= 0.3 is 0 Å². The van der Waals surface area contributed by atoms with Crippen molar-refractivity contribution < 1.29 is 0 Å². The van der Waals surface area contributed by atoms with E-state index < -0.39 is 0 Å². The Labute approximate surface area is 107 Å². The summed E-state index contributed by atoms with van der Waals surface area (Å²) >= 11 is 0. The molecule has 0 aliphatic heterocycles. The maximum absolute atomic E-state index is 5.45. The summed E-state index contributed by atoms with van der Waals surface area (Å²) < 4.78 is 1.86. The first kappa shape index (κ1) is 13.7. The van der Waals surface area contributed by atoms with Crippen LogP contribution >= 0.6 is 12.4 Å². The summed E-state index contributed by atoms with van der Waals surface area (Å²) in [5, 5.41) is 8.20. The molecule has 0 amide bonds. The Hall–Kier alpha value is -1.39. The predicted molar refractivity (Wildman–Crippen MR) is 70.2 cm³/mol. The fourth-order valence-electron chi connectivity index (χ4n) is 1.58. The molecule has 0 saturated heterocycles. The monoisotopic (exact) mass is 252 g/mol. The van der Waals surface area contributed by atoms with Crippen LogP contribution < -0.4 is 5.73 Å². The van der Waals surface area contributed by atoms with Crippen molar-refractivity contribution in [3.8, 4) is 0 Å². The van der Waals surface area contributed by atoms with E-state index >= 15 is 0 Å². The molecule has 0 fully saturated rings. The minimum atomic E-state index is 0. The van der Waals surface area contributed by atoms with Crippen LogP contribution in [0.25, 0.3) is 0 Å². The van der Waals surface area contributed by atoms with Crippen molar-refractivity contribution in [3.05, 3.63) is 47.8 Å². The van der Waals surface area contributed by atoms with E-state index in [0.717, 1.165) is 25.1 Å². The van der Waals surface area contributed by atoms with E-state index in [1.807, 2.05) is 29.1 Å². The zero-order valence-electron chi connectivity index (χ0n) is 9.62. The van der Waals surface area contributed by atoms with Crippen LogP contribution in [0.2, 0.25) is 0 Å². The van der Waals surface area contributed by atoms with Gasteiger partial charge in [0.25, 0.3) is 0 Å². The summed E-state index contributed by atoms with van der Waals surface area (Å²) in [4.78, 5) is 0. The second kappa shape index (κ2) is 7.04. The van der Waals surface area contributed by atoms with Crippen LogP contribution in [0.4, 0.5) is 0 Å². The van der Waals surface area contributed by atoms with Gasteiger partial charge in [-0.25, -0.2) is 4.68 Å². The third-order valence-corrected chi connectivity index (χ3v) is 2.41. The molecule has 4 nitrogen and oxygen atoms in total. The average Bonchev–Trinajstić information content (AvgIpc) is 2.75. The molecule has 0 bridgehead atoms. The standard InChI is InChI=1S/C12H16N4.ClH/c13-8-4-7-12-10-16(15-14-12)9-11-5-2-1-3-6-11;/h1-3,5-6,10H,4,7-9,13H2;1H. The van der Waals surface area contributed by atoms with Crippen molar-refractivity contribution in [3.63, 3.8) is 0 Å². The summed E-state index contributed by atoms with van der Waals surface area (Å²) in [6.45, 7) is 1.47. The second-order valence-corrected chi connectivity index (χ2v) is 3.79. The van der Waals surface area contributed by atoms with E-state index in [1.54, 1.807) is 0 Å². The summed E-state index contributed by atoms with van der Waals surface area (Å²) in [6, 6.07) is 10.2. The Bertz CT molecular complexity index is 427. The third-order valence-electron chi connectivity index (χ3n) is 2.41. The predicted octanol–water partition coefficient (Wildman–Crippen LogP) is 1.64. The molecule has 2 aromatic rings. The van der Waals surface area contributed by atoms with Gasteiger partial charge in [0.2, 0.25) is 0 Å². The number of aromatic nitrogens is 3. The Balaban J connectivity index is 0.00000144. The first-order chi connectivity index (χ1) is 7.88. The number of aryl methyl sites for hydroxylation is 1. The molecule has 0 aliphatic rings. The van der Waals surface area contributed by atoms with Gasteiger partial charge in [-0.2, -0.15) is 0 Å². The molecule has 0 saturated carbocycles. The highest BCUT2D eigenvalue weighted by atomic mass is 35.5. The molecule has 0 spiro atoms. The Morgan fingerprint density at radius 1 is 1.18 bits per heavy atom. The van der Waals surface area contributed by atoms with Crippen molar-refractivity contribution >= 4 is 12.4 Å². The highest BCUT2D eigenvalue weighted by Crippen LogP contribution is 2.03. The average molecular weight is 253 g/mol. The van der Waals surface area contributed by atoms with Gasteiger partial charge in [-0.15, -0.1) is 17.5 Å². The van der Waals surface area contributed by atoms with E-state index in [1.165, 1.54) is 5.56 Å². The van der Waals surface area contributed by atoms with E-state index in [-0.39, 0.29) is 12.4 Å². The van der Waals surface area contributed by atoms with Gasteiger partial charge in [0.05, 0.1) is 12.2 Å². The van der Waals surface area contributed by atoms with Gasteiger partial charge in [0.15, 0.2) is 0 Å². The van der Waals surface area contributed by atoms with Crippen molar-refractivity contribution in [1.82, 2.24) is 15.0 Å². The molecule has 0 radical (unpaired) electrons. The number of nitrogens with zero attached hydrogens (tertiary/aromatic N) is 3. The molecule has 17 heavy (non-hydrogen) atoms. The van der Waals surface area contributed by atoms with Gasteiger partial charge < -0.3 is 5.73 Å². The van der Waals surface area contributed by atoms with Gasteiger partial charge in [-0.1, -0.05) is 35.5 Å². The molecule has 0 unspecified atom stereocenters. The lowest BCUT2D eigenvalue weighted by Gasteiger charge is -1.99.